The number of amides is 2. The molecule has 7 heteroatoms. The van der Waals surface area contributed by atoms with E-state index >= 15 is 0 Å². The quantitative estimate of drug-likeness (QED) is 0.224. The summed E-state index contributed by atoms with van der Waals surface area (Å²) in [4.78, 5) is 40.1. The van der Waals surface area contributed by atoms with Gasteiger partial charge in [0.15, 0.2) is 0 Å². The first-order chi connectivity index (χ1) is 19.3. The summed E-state index contributed by atoms with van der Waals surface area (Å²) in [7, 11) is 0. The average Bonchev–Trinajstić information content (AvgIpc) is 2.96. The van der Waals surface area contributed by atoms with E-state index in [9.17, 15) is 19.5 Å². The van der Waals surface area contributed by atoms with Gasteiger partial charge in [0.1, 0.15) is 0 Å². The Morgan fingerprint density at radius 3 is 2.10 bits per heavy atom. The van der Waals surface area contributed by atoms with Gasteiger partial charge in [0.05, 0.1) is 6.42 Å². The van der Waals surface area contributed by atoms with Crippen molar-refractivity contribution in [1.82, 2.24) is 10.2 Å². The Hall–Kier alpha value is -4.42. The third-order valence-electron chi connectivity index (χ3n) is 6.64. The number of benzene rings is 4. The van der Waals surface area contributed by atoms with E-state index in [1.165, 1.54) is 0 Å². The SMILES string of the molecule is Cc1ccc(CCN(CCC(=O)O)C(=O)c2ccccc2-c2ccccc2C(=O)NCc2cccc(Cl)c2)cc1. The molecule has 204 valence electrons. The highest BCUT2D eigenvalue weighted by Gasteiger charge is 2.22. The largest absolute Gasteiger partial charge is 0.481 e. The van der Waals surface area contributed by atoms with Crippen LogP contribution in [0.15, 0.2) is 97.1 Å². The molecular weight excluding hydrogens is 524 g/mol. The van der Waals surface area contributed by atoms with Crippen molar-refractivity contribution in [1.29, 1.82) is 0 Å². The summed E-state index contributed by atoms with van der Waals surface area (Å²) in [6.07, 6.45) is 0.431. The van der Waals surface area contributed by atoms with Crippen LogP contribution in [0.1, 0.15) is 43.8 Å². The van der Waals surface area contributed by atoms with Crippen LogP contribution in [0.2, 0.25) is 5.02 Å². The number of nitrogens with one attached hydrogen (secondary N) is 1. The number of halogens is 1. The number of hydrogen-bond donors (Lipinski definition) is 2. The van der Waals surface area contributed by atoms with Crippen molar-refractivity contribution < 1.29 is 19.5 Å². The molecule has 0 fully saturated rings. The van der Waals surface area contributed by atoms with Crippen LogP contribution in [0.5, 0.6) is 0 Å². The molecular formula is C33H31ClN2O4. The average molecular weight is 555 g/mol. The van der Waals surface area contributed by atoms with Crippen LogP contribution in [0.25, 0.3) is 11.1 Å². The van der Waals surface area contributed by atoms with Crippen LogP contribution in [0.4, 0.5) is 0 Å². The highest BCUT2D eigenvalue weighted by Crippen LogP contribution is 2.28. The fraction of sp³-hybridized carbons (Fsp3) is 0.182. The van der Waals surface area contributed by atoms with E-state index in [-0.39, 0.29) is 24.8 Å². The molecule has 0 bridgehead atoms. The highest BCUT2D eigenvalue weighted by molar-refractivity contribution is 6.30. The van der Waals surface area contributed by atoms with E-state index < -0.39 is 5.97 Å². The smallest absolute Gasteiger partial charge is 0.305 e. The van der Waals surface area contributed by atoms with Crippen LogP contribution in [0, 0.1) is 6.92 Å². The van der Waals surface area contributed by atoms with Crippen LogP contribution >= 0.6 is 11.6 Å². The molecule has 0 aliphatic rings. The number of aliphatic carboxylic acids is 1. The van der Waals surface area contributed by atoms with Crippen LogP contribution in [0.3, 0.4) is 0 Å². The molecule has 2 N–H and O–H groups in total. The minimum absolute atomic E-state index is 0.0795. The molecule has 6 nitrogen and oxygen atoms in total. The van der Waals surface area contributed by atoms with Crippen LogP contribution in [-0.4, -0.2) is 40.9 Å². The molecule has 0 heterocycles. The van der Waals surface area contributed by atoms with Crippen molar-refractivity contribution in [3.05, 3.63) is 130 Å². The number of carbonyl (C=O) groups is 3. The molecule has 4 rings (SSSR count). The monoisotopic (exact) mass is 554 g/mol. The molecule has 0 aliphatic carbocycles. The fourth-order valence-electron chi connectivity index (χ4n) is 4.48. The van der Waals surface area contributed by atoms with Gasteiger partial charge in [-0.15, -0.1) is 0 Å². The summed E-state index contributed by atoms with van der Waals surface area (Å²) in [6, 6.07) is 29.6. The van der Waals surface area contributed by atoms with Crippen LogP contribution in [-0.2, 0) is 17.8 Å². The Kier molecular flexibility index (Phi) is 9.71. The van der Waals surface area contributed by atoms with Gasteiger partial charge in [0.2, 0.25) is 0 Å². The summed E-state index contributed by atoms with van der Waals surface area (Å²) < 4.78 is 0. The molecule has 0 aromatic heterocycles. The van der Waals surface area contributed by atoms with E-state index in [0.717, 1.165) is 16.7 Å². The maximum Gasteiger partial charge on any atom is 0.305 e. The Labute approximate surface area is 239 Å². The van der Waals surface area contributed by atoms with Gasteiger partial charge in [-0.25, -0.2) is 0 Å². The number of rotatable bonds is 11. The van der Waals surface area contributed by atoms with Gasteiger partial charge in [0.25, 0.3) is 11.8 Å². The van der Waals surface area contributed by atoms with Gasteiger partial charge in [0, 0.05) is 35.8 Å². The molecule has 0 saturated carbocycles. The Morgan fingerprint density at radius 1 is 0.775 bits per heavy atom. The van der Waals surface area contributed by atoms with Crippen molar-refractivity contribution in [2.75, 3.05) is 13.1 Å². The van der Waals surface area contributed by atoms with E-state index in [0.29, 0.717) is 46.8 Å². The number of carboxylic acids is 1. The Morgan fingerprint density at radius 2 is 1.43 bits per heavy atom. The lowest BCUT2D eigenvalue weighted by molar-refractivity contribution is -0.137. The number of aryl methyl sites for hydroxylation is 1. The zero-order chi connectivity index (χ0) is 28.5. The van der Waals surface area contributed by atoms with Crippen LogP contribution < -0.4 is 5.32 Å². The van der Waals surface area contributed by atoms with Gasteiger partial charge in [-0.05, 0) is 59.9 Å². The third-order valence-corrected chi connectivity index (χ3v) is 6.87. The maximum atomic E-state index is 13.9. The minimum atomic E-state index is -0.969. The van der Waals surface area contributed by atoms with Crippen molar-refractivity contribution in [2.45, 2.75) is 26.3 Å². The zero-order valence-electron chi connectivity index (χ0n) is 22.3. The molecule has 40 heavy (non-hydrogen) atoms. The number of carbonyl (C=O) groups excluding carboxylic acids is 2. The molecule has 4 aromatic carbocycles. The molecule has 2 amide bonds. The van der Waals surface area contributed by atoms with Gasteiger partial charge in [-0.2, -0.15) is 0 Å². The van der Waals surface area contributed by atoms with E-state index in [1.54, 1.807) is 41.3 Å². The van der Waals surface area contributed by atoms with Crippen molar-refractivity contribution in [3.8, 4) is 11.1 Å². The third kappa shape index (κ3) is 7.58. The standard InChI is InChI=1S/C33H31ClN2O4/c1-23-13-15-24(16-14-23)17-19-36(20-18-31(37)38)33(40)30-12-5-3-10-28(30)27-9-2-4-11-29(27)32(39)35-22-25-7-6-8-26(34)21-25/h2-16,21H,17-20,22H2,1H3,(H,35,39)(H,37,38). The molecule has 0 saturated heterocycles. The topological polar surface area (TPSA) is 86.7 Å². The first-order valence-corrected chi connectivity index (χ1v) is 13.5. The number of nitrogens with zero attached hydrogens (tertiary/aromatic N) is 1. The lowest BCUT2D eigenvalue weighted by Crippen LogP contribution is -2.35. The molecule has 0 unspecified atom stereocenters. The maximum absolute atomic E-state index is 13.9. The summed E-state index contributed by atoms with van der Waals surface area (Å²) >= 11 is 6.08. The van der Waals surface area contributed by atoms with Gasteiger partial charge < -0.3 is 15.3 Å². The van der Waals surface area contributed by atoms with Gasteiger partial charge in [-0.3, -0.25) is 14.4 Å². The van der Waals surface area contributed by atoms with Crippen molar-refractivity contribution in [3.63, 3.8) is 0 Å². The lowest BCUT2D eigenvalue weighted by atomic mass is 9.94. The summed E-state index contributed by atoms with van der Waals surface area (Å²) in [5.74, 6) is -1.53. The van der Waals surface area contributed by atoms with E-state index in [1.807, 2.05) is 67.6 Å². The first-order valence-electron chi connectivity index (χ1n) is 13.1. The predicted octanol–water partition coefficient (Wildman–Crippen LogP) is 6.41. The molecule has 4 aromatic rings. The predicted molar refractivity (Wildman–Crippen MR) is 158 cm³/mol. The number of carboxylic acid groups (broad SMARTS) is 1. The molecule has 0 aliphatic heterocycles. The second-order valence-electron chi connectivity index (χ2n) is 9.58. The summed E-state index contributed by atoms with van der Waals surface area (Å²) in [5.41, 5.74) is 5.15. The van der Waals surface area contributed by atoms with E-state index in [2.05, 4.69) is 5.32 Å². The number of hydrogen-bond acceptors (Lipinski definition) is 3. The Bertz CT molecular complexity index is 1500. The van der Waals surface area contributed by atoms with E-state index in [4.69, 9.17) is 11.6 Å². The first kappa shape index (κ1) is 28.6. The molecule has 0 spiro atoms. The summed E-state index contributed by atoms with van der Waals surface area (Å²) in [5, 5.41) is 12.9. The highest BCUT2D eigenvalue weighted by atomic mass is 35.5. The second kappa shape index (κ2) is 13.6. The van der Waals surface area contributed by atoms with Gasteiger partial charge >= 0.3 is 5.97 Å². The van der Waals surface area contributed by atoms with Gasteiger partial charge in [-0.1, -0.05) is 90.0 Å². The normalized spacial score (nSPS) is 10.7. The van der Waals surface area contributed by atoms with Crippen molar-refractivity contribution >= 4 is 29.4 Å². The minimum Gasteiger partial charge on any atom is -0.481 e. The van der Waals surface area contributed by atoms with Crippen molar-refractivity contribution in [2.24, 2.45) is 0 Å². The molecule has 0 radical (unpaired) electrons. The zero-order valence-corrected chi connectivity index (χ0v) is 23.0. The fourth-order valence-corrected chi connectivity index (χ4v) is 4.69. The second-order valence-corrected chi connectivity index (χ2v) is 10.0. The molecule has 0 atom stereocenters. The summed E-state index contributed by atoms with van der Waals surface area (Å²) in [6.45, 7) is 2.76. The Balaban J connectivity index is 1.60. The lowest BCUT2D eigenvalue weighted by Gasteiger charge is -2.24.